The van der Waals surface area contributed by atoms with E-state index in [1.807, 2.05) is 12.1 Å². The summed E-state index contributed by atoms with van der Waals surface area (Å²) in [6, 6.07) is 4.39. The maximum absolute atomic E-state index is 11.7. The van der Waals surface area contributed by atoms with E-state index in [4.69, 9.17) is 4.42 Å². The average molecular weight is 262 g/mol. The molecular formula is C14H18N2O3. The Morgan fingerprint density at radius 1 is 1.16 bits per heavy atom. The second kappa shape index (κ2) is 5.17. The van der Waals surface area contributed by atoms with Gasteiger partial charge in [-0.2, -0.15) is 0 Å². The molecule has 2 aliphatic rings. The Morgan fingerprint density at radius 2 is 1.84 bits per heavy atom. The summed E-state index contributed by atoms with van der Waals surface area (Å²) in [6.45, 7) is 0.980. The van der Waals surface area contributed by atoms with E-state index in [0.29, 0.717) is 37.6 Å². The van der Waals surface area contributed by atoms with Crippen LogP contribution in [0.5, 0.6) is 0 Å². The number of hydrogen-bond acceptors (Lipinski definition) is 4. The van der Waals surface area contributed by atoms with Crippen molar-refractivity contribution < 1.29 is 14.0 Å². The molecule has 5 nitrogen and oxygen atoms in total. The summed E-state index contributed by atoms with van der Waals surface area (Å²) in [5.74, 6) is 1.35. The van der Waals surface area contributed by atoms with E-state index < -0.39 is 0 Å². The predicted octanol–water partition coefficient (Wildman–Crippen LogP) is 1.57. The van der Waals surface area contributed by atoms with E-state index in [0.717, 1.165) is 5.76 Å². The van der Waals surface area contributed by atoms with Crippen LogP contribution in [0.25, 0.3) is 0 Å². The molecule has 1 aliphatic heterocycles. The van der Waals surface area contributed by atoms with Gasteiger partial charge in [-0.05, 0) is 31.4 Å². The molecule has 2 heterocycles. The van der Waals surface area contributed by atoms with Gasteiger partial charge >= 0.3 is 0 Å². The van der Waals surface area contributed by atoms with Gasteiger partial charge in [0.05, 0.1) is 13.1 Å². The smallest absolute Gasteiger partial charge is 0.229 e. The summed E-state index contributed by atoms with van der Waals surface area (Å²) in [4.78, 5) is 24.7. The number of nitrogens with zero attached hydrogens (tertiary/aromatic N) is 1. The SMILES string of the molecule is O=C1CCCC(=O)N1Cc1ccc(CNC2CC2)o1. The molecule has 0 spiro atoms. The number of likely N-dealkylation sites (tertiary alicyclic amines) is 1. The second-order valence-electron chi connectivity index (χ2n) is 5.25. The highest BCUT2D eigenvalue weighted by Gasteiger charge is 2.27. The number of hydrogen-bond donors (Lipinski definition) is 1. The van der Waals surface area contributed by atoms with Crippen LogP contribution in [0.15, 0.2) is 16.5 Å². The Labute approximate surface area is 111 Å². The number of piperidine rings is 1. The summed E-state index contributed by atoms with van der Waals surface area (Å²) >= 11 is 0. The van der Waals surface area contributed by atoms with E-state index in [-0.39, 0.29) is 18.4 Å². The summed E-state index contributed by atoms with van der Waals surface area (Å²) in [5.41, 5.74) is 0. The van der Waals surface area contributed by atoms with Crippen LogP contribution in [-0.2, 0) is 22.7 Å². The lowest BCUT2D eigenvalue weighted by molar-refractivity contribution is -0.149. The number of rotatable bonds is 5. The van der Waals surface area contributed by atoms with Gasteiger partial charge in [-0.1, -0.05) is 0 Å². The number of furan rings is 1. The molecule has 0 aromatic carbocycles. The number of nitrogens with one attached hydrogen (secondary N) is 1. The minimum atomic E-state index is -0.0923. The minimum Gasteiger partial charge on any atom is -0.463 e. The fourth-order valence-corrected chi connectivity index (χ4v) is 2.27. The van der Waals surface area contributed by atoms with Crippen molar-refractivity contribution in [2.75, 3.05) is 0 Å². The first-order valence-corrected chi connectivity index (χ1v) is 6.86. The van der Waals surface area contributed by atoms with Gasteiger partial charge < -0.3 is 9.73 Å². The highest BCUT2D eigenvalue weighted by molar-refractivity contribution is 5.97. The Bertz CT molecular complexity index is 475. The average Bonchev–Trinajstić information content (AvgIpc) is 3.11. The highest BCUT2D eigenvalue weighted by atomic mass is 16.3. The normalized spacial score (nSPS) is 20.1. The molecule has 19 heavy (non-hydrogen) atoms. The standard InChI is InChI=1S/C14H18N2O3/c17-13-2-1-3-14(18)16(13)9-12-7-6-11(19-12)8-15-10-4-5-10/h6-7,10,15H,1-5,8-9H2. The maximum atomic E-state index is 11.7. The second-order valence-corrected chi connectivity index (χ2v) is 5.25. The fraction of sp³-hybridized carbons (Fsp3) is 0.571. The van der Waals surface area contributed by atoms with Crippen LogP contribution in [0.1, 0.15) is 43.6 Å². The van der Waals surface area contributed by atoms with Crippen LogP contribution in [0, 0.1) is 0 Å². The van der Waals surface area contributed by atoms with Gasteiger partial charge in [-0.15, -0.1) is 0 Å². The van der Waals surface area contributed by atoms with E-state index in [9.17, 15) is 9.59 Å². The van der Waals surface area contributed by atoms with Crippen molar-refractivity contribution in [1.29, 1.82) is 0 Å². The van der Waals surface area contributed by atoms with Crippen molar-refractivity contribution in [3.05, 3.63) is 23.7 Å². The Hall–Kier alpha value is -1.62. The molecule has 0 atom stereocenters. The van der Waals surface area contributed by atoms with Gasteiger partial charge in [0.2, 0.25) is 11.8 Å². The zero-order valence-electron chi connectivity index (χ0n) is 10.9. The molecule has 2 fully saturated rings. The number of carbonyl (C=O) groups excluding carboxylic acids is 2. The topological polar surface area (TPSA) is 62.6 Å². The molecule has 5 heteroatoms. The molecule has 1 aromatic heterocycles. The zero-order valence-corrected chi connectivity index (χ0v) is 10.9. The van der Waals surface area contributed by atoms with Crippen molar-refractivity contribution in [2.45, 2.75) is 51.2 Å². The summed E-state index contributed by atoms with van der Waals surface area (Å²) < 4.78 is 5.65. The van der Waals surface area contributed by atoms with Crippen LogP contribution in [0.4, 0.5) is 0 Å². The van der Waals surface area contributed by atoms with E-state index in [1.165, 1.54) is 17.7 Å². The molecule has 102 valence electrons. The predicted molar refractivity (Wildman–Crippen MR) is 68.0 cm³/mol. The van der Waals surface area contributed by atoms with Crippen LogP contribution in [0.3, 0.4) is 0 Å². The largest absolute Gasteiger partial charge is 0.463 e. The molecule has 1 N–H and O–H groups in total. The van der Waals surface area contributed by atoms with Gasteiger partial charge in [-0.3, -0.25) is 14.5 Å². The van der Waals surface area contributed by atoms with Crippen LogP contribution in [0.2, 0.25) is 0 Å². The van der Waals surface area contributed by atoms with E-state index in [2.05, 4.69) is 5.32 Å². The third-order valence-electron chi connectivity index (χ3n) is 3.56. The Morgan fingerprint density at radius 3 is 2.53 bits per heavy atom. The zero-order chi connectivity index (χ0) is 13.2. The van der Waals surface area contributed by atoms with Gasteiger partial charge in [-0.25, -0.2) is 0 Å². The Balaban J connectivity index is 1.58. The van der Waals surface area contributed by atoms with E-state index in [1.54, 1.807) is 0 Å². The first kappa shape index (κ1) is 12.4. The lowest BCUT2D eigenvalue weighted by atomic mass is 10.1. The lowest BCUT2D eigenvalue weighted by Gasteiger charge is -2.23. The monoisotopic (exact) mass is 262 g/mol. The first-order valence-electron chi connectivity index (χ1n) is 6.86. The number of carbonyl (C=O) groups is 2. The first-order chi connectivity index (χ1) is 9.22. The van der Waals surface area contributed by atoms with Gasteiger partial charge in [0, 0.05) is 18.9 Å². The molecule has 1 saturated heterocycles. The summed E-state index contributed by atoms with van der Waals surface area (Å²) in [7, 11) is 0. The molecule has 0 bridgehead atoms. The molecule has 2 amide bonds. The molecule has 1 saturated carbocycles. The number of amides is 2. The van der Waals surface area contributed by atoms with E-state index >= 15 is 0 Å². The third kappa shape index (κ3) is 3.04. The minimum absolute atomic E-state index is 0.0923. The van der Waals surface area contributed by atoms with Gasteiger partial charge in [0.15, 0.2) is 0 Å². The maximum Gasteiger partial charge on any atom is 0.229 e. The fourth-order valence-electron chi connectivity index (χ4n) is 2.27. The van der Waals surface area contributed by atoms with Crippen LogP contribution in [-0.4, -0.2) is 22.8 Å². The van der Waals surface area contributed by atoms with Crippen LogP contribution < -0.4 is 5.32 Å². The molecular weight excluding hydrogens is 244 g/mol. The van der Waals surface area contributed by atoms with Crippen molar-refractivity contribution in [3.63, 3.8) is 0 Å². The lowest BCUT2D eigenvalue weighted by Crippen LogP contribution is -2.39. The highest BCUT2D eigenvalue weighted by Crippen LogP contribution is 2.20. The summed E-state index contributed by atoms with van der Waals surface area (Å²) in [6.07, 6.45) is 4.07. The number of imide groups is 1. The molecule has 0 radical (unpaired) electrons. The molecule has 1 aliphatic carbocycles. The van der Waals surface area contributed by atoms with Crippen LogP contribution >= 0.6 is 0 Å². The van der Waals surface area contributed by atoms with Crippen molar-refractivity contribution in [3.8, 4) is 0 Å². The van der Waals surface area contributed by atoms with Crippen molar-refractivity contribution in [1.82, 2.24) is 10.2 Å². The van der Waals surface area contributed by atoms with Gasteiger partial charge in [0.25, 0.3) is 0 Å². The Kier molecular flexibility index (Phi) is 3.38. The van der Waals surface area contributed by atoms with Crippen molar-refractivity contribution >= 4 is 11.8 Å². The third-order valence-corrected chi connectivity index (χ3v) is 3.56. The van der Waals surface area contributed by atoms with Crippen molar-refractivity contribution in [2.24, 2.45) is 0 Å². The quantitative estimate of drug-likeness (QED) is 0.818. The summed E-state index contributed by atoms with van der Waals surface area (Å²) in [5, 5.41) is 3.37. The molecule has 0 unspecified atom stereocenters. The molecule has 3 rings (SSSR count). The van der Waals surface area contributed by atoms with Gasteiger partial charge in [0.1, 0.15) is 11.5 Å². The molecule has 1 aromatic rings.